The fraction of sp³-hybridized carbons (Fsp3) is 0.667. The molecule has 17 heavy (non-hydrogen) atoms. The second-order valence-corrected chi connectivity index (χ2v) is 6.96. The number of rotatable bonds is 7. The number of thiophene rings is 1. The molecule has 1 heterocycles. The highest BCUT2D eigenvalue weighted by atomic mass is 79.9. The van der Waals surface area contributed by atoms with Gasteiger partial charge >= 0.3 is 0 Å². The minimum Gasteiger partial charge on any atom is -0.311 e. The van der Waals surface area contributed by atoms with E-state index < -0.39 is 0 Å². The molecule has 0 radical (unpaired) electrons. The third-order valence-electron chi connectivity index (χ3n) is 3.04. The van der Waals surface area contributed by atoms with Crippen LogP contribution in [0, 0.1) is 0 Å². The largest absolute Gasteiger partial charge is 0.311 e. The molecular weight excluding hydrogens is 320 g/mol. The average Bonchev–Trinajstić information content (AvgIpc) is 3.08. The molecule has 2 nitrogen and oxygen atoms in total. The van der Waals surface area contributed by atoms with Gasteiger partial charge < -0.3 is 5.32 Å². The molecule has 0 spiro atoms. The molecule has 5 heteroatoms. The summed E-state index contributed by atoms with van der Waals surface area (Å²) in [6.45, 7) is 6.54. The van der Waals surface area contributed by atoms with Crippen molar-refractivity contribution in [2.75, 3.05) is 19.6 Å². The Bertz CT molecular complexity index is 346. The fourth-order valence-corrected chi connectivity index (χ4v) is 3.71. The van der Waals surface area contributed by atoms with Crippen molar-refractivity contribution in [1.82, 2.24) is 10.2 Å². The lowest BCUT2D eigenvalue weighted by atomic mass is 10.4. The molecule has 1 saturated carbocycles. The van der Waals surface area contributed by atoms with Crippen molar-refractivity contribution in [1.29, 1.82) is 0 Å². The molecule has 1 aliphatic carbocycles. The third-order valence-corrected chi connectivity index (χ3v) is 5.52. The summed E-state index contributed by atoms with van der Waals surface area (Å²) in [6.07, 6.45) is 2.78. The molecular formula is C12H18BrClN2S. The van der Waals surface area contributed by atoms with E-state index in [9.17, 15) is 0 Å². The van der Waals surface area contributed by atoms with Gasteiger partial charge in [-0.05, 0) is 41.4 Å². The zero-order valence-corrected chi connectivity index (χ0v) is 13.2. The maximum atomic E-state index is 6.00. The monoisotopic (exact) mass is 336 g/mol. The summed E-state index contributed by atoms with van der Waals surface area (Å²) >= 11 is 11.1. The summed E-state index contributed by atoms with van der Waals surface area (Å²) < 4.78 is 1.85. The molecule has 1 fully saturated rings. The smallest absolute Gasteiger partial charge is 0.107 e. The van der Waals surface area contributed by atoms with Crippen molar-refractivity contribution >= 4 is 38.9 Å². The van der Waals surface area contributed by atoms with Gasteiger partial charge in [-0.1, -0.05) is 18.5 Å². The molecule has 2 rings (SSSR count). The van der Waals surface area contributed by atoms with Gasteiger partial charge in [0.05, 0.1) is 0 Å². The van der Waals surface area contributed by atoms with Crippen LogP contribution < -0.4 is 5.32 Å². The minimum absolute atomic E-state index is 0.843. The fourth-order valence-electron chi connectivity index (χ4n) is 1.95. The number of hydrogen-bond donors (Lipinski definition) is 1. The van der Waals surface area contributed by atoms with Crippen molar-refractivity contribution in [3.63, 3.8) is 0 Å². The molecule has 0 bridgehead atoms. The van der Waals surface area contributed by atoms with Gasteiger partial charge in [-0.3, -0.25) is 4.90 Å². The van der Waals surface area contributed by atoms with Crippen LogP contribution >= 0.6 is 38.9 Å². The molecule has 0 saturated heterocycles. The van der Waals surface area contributed by atoms with Gasteiger partial charge in [-0.2, -0.15) is 0 Å². The van der Waals surface area contributed by atoms with Crippen molar-refractivity contribution in [3.05, 3.63) is 19.8 Å². The summed E-state index contributed by atoms with van der Waals surface area (Å²) in [5.74, 6) is 0. The zero-order valence-electron chi connectivity index (χ0n) is 10.0. The van der Waals surface area contributed by atoms with Crippen LogP contribution in [0.25, 0.3) is 0 Å². The Kier molecular flexibility index (Phi) is 5.30. The lowest BCUT2D eigenvalue weighted by Gasteiger charge is -2.19. The first-order chi connectivity index (χ1) is 8.20. The van der Waals surface area contributed by atoms with E-state index in [1.165, 1.54) is 24.3 Å². The Hall–Kier alpha value is 0.390. The lowest BCUT2D eigenvalue weighted by molar-refractivity contribution is 0.277. The Balaban J connectivity index is 1.65. The molecule has 0 aliphatic heterocycles. The summed E-state index contributed by atoms with van der Waals surface area (Å²) in [5.41, 5.74) is 0. The van der Waals surface area contributed by atoms with Gasteiger partial charge in [0.15, 0.2) is 0 Å². The first-order valence-electron chi connectivity index (χ1n) is 6.09. The van der Waals surface area contributed by atoms with E-state index in [0.29, 0.717) is 0 Å². The summed E-state index contributed by atoms with van der Waals surface area (Å²) in [5, 5.41) is 3.48. The molecule has 1 aliphatic rings. The number of halogens is 2. The number of nitrogens with zero attached hydrogens (tertiary/aromatic N) is 1. The number of likely N-dealkylation sites (N-methyl/N-ethyl adjacent to an activating group) is 1. The Morgan fingerprint density at radius 1 is 1.59 bits per heavy atom. The van der Waals surface area contributed by atoms with E-state index in [0.717, 1.165) is 34.5 Å². The van der Waals surface area contributed by atoms with Crippen molar-refractivity contribution < 1.29 is 0 Å². The van der Waals surface area contributed by atoms with Crippen LogP contribution in [0.5, 0.6) is 0 Å². The third kappa shape index (κ3) is 4.21. The molecule has 96 valence electrons. The normalized spacial score (nSPS) is 15.8. The number of nitrogens with one attached hydrogen (secondary N) is 1. The van der Waals surface area contributed by atoms with Gasteiger partial charge in [0, 0.05) is 35.0 Å². The SMILES string of the molecule is CCN(CCNCc1cc(Br)c(Cl)s1)C1CC1. The van der Waals surface area contributed by atoms with Crippen molar-refractivity contribution in [2.24, 2.45) is 0 Å². The highest BCUT2D eigenvalue weighted by Crippen LogP contribution is 2.31. The van der Waals surface area contributed by atoms with Crippen LogP contribution in [0.15, 0.2) is 10.5 Å². The summed E-state index contributed by atoms with van der Waals surface area (Å²) in [4.78, 5) is 3.85. The maximum Gasteiger partial charge on any atom is 0.107 e. The quantitative estimate of drug-likeness (QED) is 0.763. The van der Waals surface area contributed by atoms with E-state index in [1.807, 2.05) is 0 Å². The molecule has 0 unspecified atom stereocenters. The van der Waals surface area contributed by atoms with Crippen molar-refractivity contribution in [3.8, 4) is 0 Å². The van der Waals surface area contributed by atoms with Gasteiger partial charge in [0.1, 0.15) is 4.34 Å². The Morgan fingerprint density at radius 2 is 2.35 bits per heavy atom. The van der Waals surface area contributed by atoms with E-state index >= 15 is 0 Å². The summed E-state index contributed by atoms with van der Waals surface area (Å²) in [6, 6.07) is 2.96. The van der Waals surface area contributed by atoms with E-state index in [1.54, 1.807) is 11.3 Å². The van der Waals surface area contributed by atoms with Crippen LogP contribution in [-0.4, -0.2) is 30.6 Å². The molecule has 1 aromatic rings. The molecule has 1 N–H and O–H groups in total. The minimum atomic E-state index is 0.843. The van der Waals surface area contributed by atoms with Gasteiger partial charge in [0.2, 0.25) is 0 Å². The number of hydrogen-bond acceptors (Lipinski definition) is 3. The first-order valence-corrected chi connectivity index (χ1v) is 8.08. The predicted octanol–water partition coefficient (Wildman–Crippen LogP) is 3.74. The Morgan fingerprint density at radius 3 is 2.88 bits per heavy atom. The second-order valence-electron chi connectivity index (χ2n) is 4.37. The van der Waals surface area contributed by atoms with Gasteiger partial charge in [-0.15, -0.1) is 11.3 Å². The Labute approximate surface area is 120 Å². The van der Waals surface area contributed by atoms with E-state index in [4.69, 9.17) is 11.6 Å². The predicted molar refractivity (Wildman–Crippen MR) is 79.0 cm³/mol. The lowest BCUT2D eigenvalue weighted by Crippen LogP contribution is -2.33. The standard InChI is InChI=1S/C12H18BrClN2S/c1-2-16(9-3-4-9)6-5-15-8-10-7-11(13)12(14)17-10/h7,9,15H,2-6,8H2,1H3. The van der Waals surface area contributed by atoms with Crippen LogP contribution in [0.4, 0.5) is 0 Å². The topological polar surface area (TPSA) is 15.3 Å². The van der Waals surface area contributed by atoms with Gasteiger partial charge in [-0.25, -0.2) is 0 Å². The first kappa shape index (κ1) is 13.8. The zero-order chi connectivity index (χ0) is 12.3. The van der Waals surface area contributed by atoms with Gasteiger partial charge in [0.25, 0.3) is 0 Å². The second kappa shape index (κ2) is 6.53. The highest BCUT2D eigenvalue weighted by Gasteiger charge is 2.26. The molecule has 1 aromatic heterocycles. The van der Waals surface area contributed by atoms with Crippen molar-refractivity contribution in [2.45, 2.75) is 32.4 Å². The van der Waals surface area contributed by atoms with Crippen LogP contribution in [0.3, 0.4) is 0 Å². The van der Waals surface area contributed by atoms with Crippen LogP contribution in [-0.2, 0) is 6.54 Å². The van der Waals surface area contributed by atoms with Crippen LogP contribution in [0.2, 0.25) is 4.34 Å². The maximum absolute atomic E-state index is 6.00. The molecule has 0 atom stereocenters. The van der Waals surface area contributed by atoms with Crippen LogP contribution in [0.1, 0.15) is 24.6 Å². The summed E-state index contributed by atoms with van der Waals surface area (Å²) in [7, 11) is 0. The van der Waals surface area contributed by atoms with E-state index in [2.05, 4.69) is 39.1 Å². The molecule has 0 amide bonds. The average molecular weight is 338 g/mol. The molecule has 0 aromatic carbocycles. The highest BCUT2D eigenvalue weighted by molar-refractivity contribution is 9.10. The van der Waals surface area contributed by atoms with E-state index in [-0.39, 0.29) is 0 Å².